The first-order chi connectivity index (χ1) is 13.3. The van der Waals surface area contributed by atoms with Crippen LogP contribution in [0.25, 0.3) is 11.3 Å². The molecule has 0 aliphatic heterocycles. The minimum absolute atomic E-state index is 0.0197. The van der Waals surface area contributed by atoms with Crippen LogP contribution in [0.4, 0.5) is 13.2 Å². The van der Waals surface area contributed by atoms with Crippen LogP contribution in [0, 0.1) is 5.92 Å². The summed E-state index contributed by atoms with van der Waals surface area (Å²) >= 11 is 6.21. The third kappa shape index (κ3) is 4.35. The van der Waals surface area contributed by atoms with E-state index in [0.29, 0.717) is 15.8 Å². The monoisotopic (exact) mass is 414 g/mol. The van der Waals surface area contributed by atoms with E-state index in [0.717, 1.165) is 25.7 Å². The van der Waals surface area contributed by atoms with E-state index in [1.165, 1.54) is 31.7 Å². The molecule has 0 bridgehead atoms. The van der Waals surface area contributed by atoms with Crippen LogP contribution in [-0.4, -0.2) is 33.3 Å². The van der Waals surface area contributed by atoms with Gasteiger partial charge < -0.3 is 4.74 Å². The number of ether oxygens (including phenoxy) is 1. The number of hydrogen-bond acceptors (Lipinski definition) is 5. The van der Waals surface area contributed by atoms with Crippen molar-refractivity contribution in [1.82, 2.24) is 20.2 Å². The van der Waals surface area contributed by atoms with E-state index < -0.39 is 18.0 Å². The Balaban J connectivity index is 1.99. The van der Waals surface area contributed by atoms with Gasteiger partial charge in [-0.15, -0.1) is 5.10 Å². The summed E-state index contributed by atoms with van der Waals surface area (Å²) in [6.07, 6.45) is 2.45. The largest absolute Gasteiger partial charge is 0.465 e. The van der Waals surface area contributed by atoms with Crippen molar-refractivity contribution in [2.45, 2.75) is 38.3 Å². The Morgan fingerprint density at radius 3 is 2.61 bits per heavy atom. The third-order valence-corrected chi connectivity index (χ3v) is 4.97. The second-order valence-electron chi connectivity index (χ2n) is 6.55. The third-order valence-electron chi connectivity index (χ3n) is 4.67. The molecule has 1 aromatic heterocycles. The van der Waals surface area contributed by atoms with Crippen LogP contribution < -0.4 is 0 Å². The number of hydrogen-bond donors (Lipinski definition) is 0. The highest BCUT2D eigenvalue weighted by atomic mass is 35.5. The summed E-state index contributed by atoms with van der Waals surface area (Å²) in [6.45, 7) is 0. The summed E-state index contributed by atoms with van der Waals surface area (Å²) in [7, 11) is 1.28. The fourth-order valence-corrected chi connectivity index (χ4v) is 3.56. The van der Waals surface area contributed by atoms with Gasteiger partial charge >= 0.3 is 12.1 Å². The van der Waals surface area contributed by atoms with Crippen molar-refractivity contribution >= 4 is 23.1 Å². The summed E-state index contributed by atoms with van der Waals surface area (Å²) in [5, 5.41) is 9.45. The molecule has 1 fully saturated rings. The molecule has 6 nitrogen and oxygen atoms in total. The Kier molecular flexibility index (Phi) is 6.02. The Labute approximate surface area is 164 Å². The summed E-state index contributed by atoms with van der Waals surface area (Å²) < 4.78 is 44.5. The number of esters is 1. The first-order valence-electron chi connectivity index (χ1n) is 8.77. The minimum Gasteiger partial charge on any atom is -0.465 e. The Hall–Kier alpha value is -2.42. The number of carbonyl (C=O) groups excluding carboxylic acids is 1. The fraction of sp³-hybridized carbons (Fsp3) is 0.444. The number of allylic oxidation sites excluding steroid dienone is 1. The smallest absolute Gasteiger partial charge is 0.453 e. The van der Waals surface area contributed by atoms with Gasteiger partial charge in [-0.3, -0.25) is 0 Å². The Morgan fingerprint density at radius 2 is 2.00 bits per heavy atom. The number of carbonyl (C=O) groups is 1. The van der Waals surface area contributed by atoms with Crippen LogP contribution >= 0.6 is 11.6 Å². The van der Waals surface area contributed by atoms with Crippen LogP contribution in [0.15, 0.2) is 24.3 Å². The average molecular weight is 415 g/mol. The standard InChI is InChI=1S/C18H18ClF3N4O2/c1-28-16(27)13(9-11-5-3-2-4-6-11)12-7-8-15(14(19)10-12)26-17(18(20,21)22)23-24-25-26/h7-11H,2-6H2,1H3. The predicted molar refractivity (Wildman–Crippen MR) is 95.7 cm³/mol. The average Bonchev–Trinajstić information content (AvgIpc) is 3.16. The number of rotatable bonds is 4. The first-order valence-corrected chi connectivity index (χ1v) is 9.15. The molecule has 0 radical (unpaired) electrons. The van der Waals surface area contributed by atoms with Crippen LogP contribution in [0.3, 0.4) is 0 Å². The molecule has 150 valence electrons. The number of nitrogens with zero attached hydrogens (tertiary/aromatic N) is 4. The van der Waals surface area contributed by atoms with Gasteiger partial charge in [-0.25, -0.2) is 4.79 Å². The molecule has 3 rings (SSSR count). The molecule has 10 heteroatoms. The highest BCUT2D eigenvalue weighted by molar-refractivity contribution is 6.33. The lowest BCUT2D eigenvalue weighted by atomic mass is 9.87. The topological polar surface area (TPSA) is 69.9 Å². The SMILES string of the molecule is COC(=O)C(=CC1CCCCC1)c1ccc(-n2nnnc2C(F)(F)F)c(Cl)c1. The van der Waals surface area contributed by atoms with E-state index in [1.54, 1.807) is 0 Å². The van der Waals surface area contributed by atoms with Crippen molar-refractivity contribution < 1.29 is 22.7 Å². The number of alkyl halides is 3. The second-order valence-corrected chi connectivity index (χ2v) is 6.96. The van der Waals surface area contributed by atoms with E-state index in [-0.39, 0.29) is 16.6 Å². The van der Waals surface area contributed by atoms with Gasteiger partial charge in [0, 0.05) is 0 Å². The van der Waals surface area contributed by atoms with Crippen LogP contribution in [0.2, 0.25) is 5.02 Å². The predicted octanol–water partition coefficient (Wildman–Crippen LogP) is 4.47. The van der Waals surface area contributed by atoms with Crippen molar-refractivity contribution in [1.29, 1.82) is 0 Å². The second kappa shape index (κ2) is 8.30. The molecule has 0 spiro atoms. The zero-order valence-corrected chi connectivity index (χ0v) is 15.8. The van der Waals surface area contributed by atoms with Gasteiger partial charge in [0.2, 0.25) is 0 Å². The molecule has 1 aromatic carbocycles. The molecule has 1 heterocycles. The molecule has 0 atom stereocenters. The molecule has 0 amide bonds. The first kappa shape index (κ1) is 20.3. The molecule has 0 saturated heterocycles. The number of tetrazole rings is 1. The summed E-state index contributed by atoms with van der Waals surface area (Å²) in [5.41, 5.74) is 0.771. The van der Waals surface area contributed by atoms with Gasteiger partial charge in [-0.05, 0) is 46.9 Å². The van der Waals surface area contributed by atoms with Crippen LogP contribution in [0.1, 0.15) is 43.5 Å². The van der Waals surface area contributed by atoms with Crippen molar-refractivity contribution in [2.24, 2.45) is 5.92 Å². The molecule has 0 N–H and O–H groups in total. The molecular formula is C18H18ClF3N4O2. The van der Waals surface area contributed by atoms with Crippen LogP contribution in [0.5, 0.6) is 0 Å². The molecule has 28 heavy (non-hydrogen) atoms. The van der Waals surface area contributed by atoms with Gasteiger partial charge in [0.05, 0.1) is 23.4 Å². The van der Waals surface area contributed by atoms with Crippen LogP contribution in [-0.2, 0) is 15.7 Å². The van der Waals surface area contributed by atoms with Gasteiger partial charge in [0.25, 0.3) is 5.82 Å². The normalized spacial score (nSPS) is 16.2. The zero-order valence-electron chi connectivity index (χ0n) is 15.0. The molecule has 1 aliphatic carbocycles. The lowest BCUT2D eigenvalue weighted by molar-refractivity contribution is -0.146. The number of benzene rings is 1. The van der Waals surface area contributed by atoms with E-state index in [9.17, 15) is 18.0 Å². The van der Waals surface area contributed by atoms with E-state index in [4.69, 9.17) is 16.3 Å². The lowest BCUT2D eigenvalue weighted by Crippen LogP contribution is -2.15. The van der Waals surface area contributed by atoms with E-state index in [1.807, 2.05) is 6.08 Å². The van der Waals surface area contributed by atoms with Gasteiger partial charge in [0.1, 0.15) is 0 Å². The highest BCUT2D eigenvalue weighted by Gasteiger charge is 2.38. The minimum atomic E-state index is -4.73. The Bertz CT molecular complexity index is 889. The lowest BCUT2D eigenvalue weighted by Gasteiger charge is -2.19. The molecule has 1 aliphatic rings. The van der Waals surface area contributed by atoms with Crippen molar-refractivity contribution in [3.8, 4) is 5.69 Å². The maximum absolute atomic E-state index is 13.0. The van der Waals surface area contributed by atoms with Gasteiger partial charge in [0.15, 0.2) is 0 Å². The number of methoxy groups -OCH3 is 1. The Morgan fingerprint density at radius 1 is 1.29 bits per heavy atom. The quantitative estimate of drug-likeness (QED) is 0.545. The van der Waals surface area contributed by atoms with Crippen molar-refractivity contribution in [3.63, 3.8) is 0 Å². The molecule has 0 unspecified atom stereocenters. The summed E-state index contributed by atoms with van der Waals surface area (Å²) in [6, 6.07) is 4.28. The maximum Gasteiger partial charge on any atom is 0.453 e. The van der Waals surface area contributed by atoms with Gasteiger partial charge in [-0.1, -0.05) is 43.0 Å². The van der Waals surface area contributed by atoms with E-state index in [2.05, 4.69) is 15.5 Å². The number of halogens is 4. The highest BCUT2D eigenvalue weighted by Crippen LogP contribution is 2.33. The van der Waals surface area contributed by atoms with E-state index >= 15 is 0 Å². The fourth-order valence-electron chi connectivity index (χ4n) is 3.30. The summed E-state index contributed by atoms with van der Waals surface area (Å²) in [5.74, 6) is -1.56. The molecular weight excluding hydrogens is 397 g/mol. The number of aromatic nitrogens is 4. The zero-order chi connectivity index (χ0) is 20.3. The van der Waals surface area contributed by atoms with Crippen molar-refractivity contribution in [3.05, 3.63) is 40.7 Å². The summed E-state index contributed by atoms with van der Waals surface area (Å²) in [4.78, 5) is 12.3. The molecule has 2 aromatic rings. The molecule has 1 saturated carbocycles. The maximum atomic E-state index is 13.0. The van der Waals surface area contributed by atoms with Crippen molar-refractivity contribution in [2.75, 3.05) is 7.11 Å². The van der Waals surface area contributed by atoms with Gasteiger partial charge in [-0.2, -0.15) is 17.9 Å².